The molecule has 1 aromatic rings. The molecular formula is C13H15BrN2O2S. The summed E-state index contributed by atoms with van der Waals surface area (Å²) in [6.07, 6.45) is 1.48. The van der Waals surface area contributed by atoms with Gasteiger partial charge in [0, 0.05) is 4.90 Å². The van der Waals surface area contributed by atoms with E-state index in [1.165, 1.54) is 18.0 Å². The molecule has 0 atom stereocenters. The van der Waals surface area contributed by atoms with E-state index in [-0.39, 0.29) is 11.1 Å². The van der Waals surface area contributed by atoms with Gasteiger partial charge in [0.1, 0.15) is 17.5 Å². The van der Waals surface area contributed by atoms with Gasteiger partial charge in [0.2, 0.25) is 0 Å². The number of carbonyl (C=O) groups is 1. The third-order valence-corrected chi connectivity index (χ3v) is 3.58. The molecule has 0 saturated carbocycles. The van der Waals surface area contributed by atoms with Crippen LogP contribution < -0.4 is 4.74 Å². The second kappa shape index (κ2) is 6.92. The van der Waals surface area contributed by atoms with E-state index in [0.29, 0.717) is 11.4 Å². The third-order valence-electron chi connectivity index (χ3n) is 2.16. The minimum absolute atomic E-state index is 0.0676. The van der Waals surface area contributed by atoms with Crippen molar-refractivity contribution in [2.24, 2.45) is 0 Å². The van der Waals surface area contributed by atoms with Crippen molar-refractivity contribution < 1.29 is 9.53 Å². The standard InChI is InChI=1S/C13H15BrN2O2S/c1-4-19-11-5-9(18-13(2,3)8-15)7-16-12(11)10(17)6-14/h5,7H,4,6H2,1-3H3. The van der Waals surface area contributed by atoms with E-state index in [9.17, 15) is 4.79 Å². The van der Waals surface area contributed by atoms with E-state index in [1.54, 1.807) is 19.9 Å². The normalized spacial score (nSPS) is 10.9. The Morgan fingerprint density at radius 3 is 2.84 bits per heavy atom. The van der Waals surface area contributed by atoms with Crippen molar-refractivity contribution in [3.8, 4) is 11.8 Å². The van der Waals surface area contributed by atoms with Crippen molar-refractivity contribution in [1.29, 1.82) is 5.26 Å². The van der Waals surface area contributed by atoms with Crippen LogP contribution in [0.15, 0.2) is 17.2 Å². The number of ether oxygens (including phenoxy) is 1. The smallest absolute Gasteiger partial charge is 0.192 e. The number of carbonyl (C=O) groups excluding carboxylic acids is 1. The molecule has 0 saturated heterocycles. The predicted octanol–water partition coefficient (Wildman–Crippen LogP) is 3.45. The van der Waals surface area contributed by atoms with Crippen LogP contribution in [0.3, 0.4) is 0 Å². The molecule has 0 aliphatic rings. The summed E-state index contributed by atoms with van der Waals surface area (Å²) in [5.41, 5.74) is -0.484. The number of alkyl halides is 1. The Morgan fingerprint density at radius 2 is 2.32 bits per heavy atom. The molecule has 0 aliphatic heterocycles. The van der Waals surface area contributed by atoms with Gasteiger partial charge in [-0.1, -0.05) is 22.9 Å². The number of halogens is 1. The van der Waals surface area contributed by atoms with Crippen LogP contribution in [0.1, 0.15) is 31.3 Å². The van der Waals surface area contributed by atoms with E-state index >= 15 is 0 Å². The molecule has 0 N–H and O–H groups in total. The maximum atomic E-state index is 11.7. The van der Waals surface area contributed by atoms with Gasteiger partial charge in [-0.25, -0.2) is 4.98 Å². The average Bonchev–Trinajstić information content (AvgIpc) is 2.38. The molecule has 6 heteroatoms. The van der Waals surface area contributed by atoms with E-state index in [0.717, 1.165) is 10.6 Å². The summed E-state index contributed by atoms with van der Waals surface area (Å²) in [6.45, 7) is 5.36. The highest BCUT2D eigenvalue weighted by Gasteiger charge is 2.20. The topological polar surface area (TPSA) is 63.0 Å². The number of nitrogens with zero attached hydrogens (tertiary/aromatic N) is 2. The van der Waals surface area contributed by atoms with Gasteiger partial charge in [-0.15, -0.1) is 11.8 Å². The Kier molecular flexibility index (Phi) is 5.83. The van der Waals surface area contributed by atoms with Gasteiger partial charge in [0.25, 0.3) is 0 Å². The zero-order valence-electron chi connectivity index (χ0n) is 11.1. The van der Waals surface area contributed by atoms with Crippen LogP contribution in [0.25, 0.3) is 0 Å². The number of pyridine rings is 1. The first-order valence-electron chi connectivity index (χ1n) is 5.75. The van der Waals surface area contributed by atoms with Gasteiger partial charge in [-0.05, 0) is 25.7 Å². The lowest BCUT2D eigenvalue weighted by molar-refractivity contribution is 0.101. The Morgan fingerprint density at radius 1 is 1.63 bits per heavy atom. The minimum atomic E-state index is -0.920. The van der Waals surface area contributed by atoms with Crippen LogP contribution in [0.5, 0.6) is 5.75 Å². The highest BCUT2D eigenvalue weighted by atomic mass is 79.9. The van der Waals surface area contributed by atoms with Crippen molar-refractivity contribution >= 4 is 33.5 Å². The highest BCUT2D eigenvalue weighted by Crippen LogP contribution is 2.27. The first kappa shape index (κ1) is 16.0. The number of ketones is 1. The number of thioether (sulfide) groups is 1. The zero-order valence-corrected chi connectivity index (χ0v) is 13.5. The molecule has 0 unspecified atom stereocenters. The van der Waals surface area contributed by atoms with Crippen molar-refractivity contribution in [2.75, 3.05) is 11.1 Å². The first-order chi connectivity index (χ1) is 8.93. The summed E-state index contributed by atoms with van der Waals surface area (Å²) in [5, 5.41) is 9.19. The molecule has 1 aromatic heterocycles. The zero-order chi connectivity index (χ0) is 14.5. The molecule has 19 heavy (non-hydrogen) atoms. The molecule has 0 spiro atoms. The summed E-state index contributed by atoms with van der Waals surface area (Å²) in [7, 11) is 0. The molecule has 0 aliphatic carbocycles. The predicted molar refractivity (Wildman–Crippen MR) is 79.1 cm³/mol. The fraction of sp³-hybridized carbons (Fsp3) is 0.462. The number of aromatic nitrogens is 1. The van der Waals surface area contributed by atoms with E-state index in [4.69, 9.17) is 10.00 Å². The lowest BCUT2D eigenvalue weighted by Gasteiger charge is -2.18. The van der Waals surface area contributed by atoms with Crippen molar-refractivity contribution in [3.05, 3.63) is 18.0 Å². The van der Waals surface area contributed by atoms with Crippen molar-refractivity contribution in [3.63, 3.8) is 0 Å². The number of rotatable bonds is 6. The minimum Gasteiger partial charge on any atom is -0.471 e. The lowest BCUT2D eigenvalue weighted by atomic mass is 10.2. The molecular weight excluding hydrogens is 328 g/mol. The van der Waals surface area contributed by atoms with Crippen molar-refractivity contribution in [2.45, 2.75) is 31.3 Å². The van der Waals surface area contributed by atoms with E-state index < -0.39 is 5.60 Å². The van der Waals surface area contributed by atoms with Gasteiger partial charge in [0.15, 0.2) is 11.4 Å². The van der Waals surface area contributed by atoms with Gasteiger partial charge in [0.05, 0.1) is 11.5 Å². The largest absolute Gasteiger partial charge is 0.471 e. The number of nitriles is 1. The Bertz CT molecular complexity index is 512. The summed E-state index contributed by atoms with van der Waals surface area (Å²) < 4.78 is 5.55. The Labute approximate surface area is 125 Å². The summed E-state index contributed by atoms with van der Waals surface area (Å²) in [6, 6.07) is 3.82. The van der Waals surface area contributed by atoms with Crippen LogP contribution in [0, 0.1) is 11.3 Å². The van der Waals surface area contributed by atoms with E-state index in [2.05, 4.69) is 27.0 Å². The lowest BCUT2D eigenvalue weighted by Crippen LogP contribution is -2.25. The molecule has 1 heterocycles. The molecule has 0 radical (unpaired) electrons. The molecule has 1 rings (SSSR count). The fourth-order valence-corrected chi connectivity index (χ4v) is 2.42. The number of hydrogen-bond donors (Lipinski definition) is 0. The maximum Gasteiger partial charge on any atom is 0.192 e. The Balaban J connectivity index is 3.09. The van der Waals surface area contributed by atoms with Crippen LogP contribution >= 0.6 is 27.7 Å². The molecule has 102 valence electrons. The third kappa shape index (κ3) is 4.51. The van der Waals surface area contributed by atoms with Crippen LogP contribution in [0.2, 0.25) is 0 Å². The summed E-state index contributed by atoms with van der Waals surface area (Å²) in [5.74, 6) is 1.26. The summed E-state index contributed by atoms with van der Waals surface area (Å²) >= 11 is 4.67. The van der Waals surface area contributed by atoms with Crippen LogP contribution in [0.4, 0.5) is 0 Å². The van der Waals surface area contributed by atoms with Gasteiger partial charge in [-0.3, -0.25) is 4.79 Å². The second-order valence-corrected chi connectivity index (χ2v) is 6.10. The van der Waals surface area contributed by atoms with Gasteiger partial charge < -0.3 is 4.74 Å². The van der Waals surface area contributed by atoms with Crippen molar-refractivity contribution in [1.82, 2.24) is 4.98 Å². The number of hydrogen-bond acceptors (Lipinski definition) is 5. The molecule has 0 fully saturated rings. The molecule has 0 amide bonds. The first-order valence-corrected chi connectivity index (χ1v) is 7.86. The SMILES string of the molecule is CCSc1cc(OC(C)(C)C#N)cnc1C(=O)CBr. The molecule has 4 nitrogen and oxygen atoms in total. The molecule has 0 bridgehead atoms. The maximum absolute atomic E-state index is 11.7. The second-order valence-electron chi connectivity index (χ2n) is 4.23. The fourth-order valence-electron chi connectivity index (χ4n) is 1.34. The molecule has 0 aromatic carbocycles. The number of Topliss-reactive ketones (excluding diaryl/α,β-unsaturated/α-hetero) is 1. The summed E-state index contributed by atoms with van der Waals surface area (Å²) in [4.78, 5) is 16.7. The monoisotopic (exact) mass is 342 g/mol. The average molecular weight is 343 g/mol. The van der Waals surface area contributed by atoms with Gasteiger partial charge in [-0.2, -0.15) is 5.26 Å². The van der Waals surface area contributed by atoms with Crippen LogP contribution in [-0.2, 0) is 0 Å². The van der Waals surface area contributed by atoms with Crippen LogP contribution in [-0.4, -0.2) is 27.5 Å². The van der Waals surface area contributed by atoms with Gasteiger partial charge >= 0.3 is 0 Å². The highest BCUT2D eigenvalue weighted by molar-refractivity contribution is 9.09. The van der Waals surface area contributed by atoms with E-state index in [1.807, 2.05) is 6.92 Å². The Hall–Kier alpha value is -1.06. The quantitative estimate of drug-likeness (QED) is 0.450.